The molecule has 0 aliphatic heterocycles. The first-order chi connectivity index (χ1) is 7.92. The summed E-state index contributed by atoms with van der Waals surface area (Å²) in [5, 5.41) is 15.7. The lowest BCUT2D eigenvalue weighted by Crippen LogP contribution is -2.14. The Morgan fingerprint density at radius 3 is 2.35 bits per heavy atom. The number of aliphatic hydroxyl groups is 1. The van der Waals surface area contributed by atoms with Crippen LogP contribution in [0.4, 0.5) is 8.78 Å². The molecule has 0 amide bonds. The molecule has 1 rings (SSSR count). The predicted octanol–water partition coefficient (Wildman–Crippen LogP) is 1.83. The average Bonchev–Trinajstić information content (AvgIpc) is 2.76. The summed E-state index contributed by atoms with van der Waals surface area (Å²) in [5.74, 6) is -0.703. The quantitative estimate of drug-likeness (QED) is 0.822. The summed E-state index contributed by atoms with van der Waals surface area (Å²) in [6.45, 7) is 2.92. The Labute approximate surface area is 96.7 Å². The van der Waals surface area contributed by atoms with Crippen LogP contribution in [-0.2, 0) is 5.41 Å². The van der Waals surface area contributed by atoms with Crippen LogP contribution >= 0.6 is 0 Å². The summed E-state index contributed by atoms with van der Waals surface area (Å²) in [7, 11) is 1.00. The fourth-order valence-corrected chi connectivity index (χ4v) is 0.900. The maximum absolute atomic E-state index is 12.4. The second kappa shape index (κ2) is 6.06. The highest BCUT2D eigenvalue weighted by Crippen LogP contribution is 2.28. The van der Waals surface area contributed by atoms with Gasteiger partial charge in [0, 0.05) is 7.11 Å². The lowest BCUT2D eigenvalue weighted by molar-refractivity contribution is 0.107. The number of aromatic nitrogens is 1. The predicted molar refractivity (Wildman–Crippen MR) is 53.6 cm³/mol. The molecule has 1 N–H and O–H groups in total. The number of alkyl halides is 2. The fraction of sp³-hybridized carbons (Fsp3) is 0.500. The zero-order valence-electron chi connectivity index (χ0n) is 9.57. The van der Waals surface area contributed by atoms with Gasteiger partial charge in [0.2, 0.25) is 5.89 Å². The van der Waals surface area contributed by atoms with Crippen LogP contribution in [-0.4, -0.2) is 23.5 Å². The minimum Gasteiger partial charge on any atom is -0.436 e. The lowest BCUT2D eigenvalue weighted by atomic mass is 9.96. The number of nitriles is 1. The number of aliphatic hydroxyl groups excluding tert-OH is 1. The van der Waals surface area contributed by atoms with E-state index in [2.05, 4.69) is 4.98 Å². The Kier molecular flexibility index (Phi) is 5.41. The highest BCUT2D eigenvalue weighted by atomic mass is 19.3. The van der Waals surface area contributed by atoms with E-state index in [-0.39, 0.29) is 12.2 Å². The van der Waals surface area contributed by atoms with E-state index < -0.39 is 23.3 Å². The maximum Gasteiger partial charge on any atom is 0.284 e. The van der Waals surface area contributed by atoms with Crippen molar-refractivity contribution in [3.05, 3.63) is 17.3 Å². The van der Waals surface area contributed by atoms with Crippen LogP contribution in [0, 0.1) is 11.3 Å². The Morgan fingerprint density at radius 1 is 1.53 bits per heavy atom. The van der Waals surface area contributed by atoms with Gasteiger partial charge in [-0.25, -0.2) is 13.8 Å². The smallest absolute Gasteiger partial charge is 0.284 e. The zero-order valence-corrected chi connectivity index (χ0v) is 9.57. The number of aldehydes is 1. The van der Waals surface area contributed by atoms with E-state index in [0.29, 0.717) is 0 Å². The zero-order chi connectivity index (χ0) is 13.6. The van der Waals surface area contributed by atoms with Crippen molar-refractivity contribution < 1.29 is 23.1 Å². The molecule has 0 saturated carbocycles. The van der Waals surface area contributed by atoms with Crippen molar-refractivity contribution in [3.8, 4) is 6.07 Å². The van der Waals surface area contributed by atoms with Gasteiger partial charge in [0.05, 0.1) is 6.07 Å². The molecule has 17 heavy (non-hydrogen) atoms. The number of oxazole rings is 1. The molecule has 94 valence electrons. The van der Waals surface area contributed by atoms with Gasteiger partial charge in [-0.3, -0.25) is 4.79 Å². The first kappa shape index (κ1) is 15.2. The normalized spacial score (nSPS) is 10.5. The number of halogens is 2. The van der Waals surface area contributed by atoms with Gasteiger partial charge in [0.1, 0.15) is 5.41 Å². The molecule has 1 aromatic heterocycles. The largest absolute Gasteiger partial charge is 0.436 e. The van der Waals surface area contributed by atoms with E-state index in [1.165, 1.54) is 13.8 Å². The van der Waals surface area contributed by atoms with Crippen molar-refractivity contribution in [1.29, 1.82) is 5.26 Å². The van der Waals surface area contributed by atoms with Crippen LogP contribution in [0.1, 0.15) is 42.4 Å². The molecule has 7 heteroatoms. The van der Waals surface area contributed by atoms with Gasteiger partial charge in [-0.05, 0) is 13.8 Å². The third kappa shape index (κ3) is 3.32. The summed E-state index contributed by atoms with van der Waals surface area (Å²) >= 11 is 0. The van der Waals surface area contributed by atoms with E-state index in [1.54, 1.807) is 0 Å². The number of hydrogen-bond donors (Lipinski definition) is 1. The standard InChI is InChI=1S/C9H8F2N2O2.CH4O/c1-9(2,4-12)8-13-6(7(10)11)5(3-14)15-8;1-2/h3,7H,1-2H3;2H,1H3. The Balaban J connectivity index is 0.00000121. The number of carbonyl (C=O) groups excluding carboxylic acids is 1. The molecule has 0 spiro atoms. The molecule has 0 radical (unpaired) electrons. The van der Waals surface area contributed by atoms with Crippen LogP contribution in [0.25, 0.3) is 0 Å². The number of nitrogens with zero attached hydrogens (tertiary/aromatic N) is 2. The second-order valence-electron chi connectivity index (χ2n) is 3.42. The Morgan fingerprint density at radius 2 is 2.06 bits per heavy atom. The van der Waals surface area contributed by atoms with Gasteiger partial charge < -0.3 is 9.52 Å². The van der Waals surface area contributed by atoms with E-state index >= 15 is 0 Å². The van der Waals surface area contributed by atoms with E-state index in [0.717, 1.165) is 7.11 Å². The topological polar surface area (TPSA) is 87.1 Å². The molecule has 0 saturated heterocycles. The van der Waals surface area contributed by atoms with Crippen molar-refractivity contribution >= 4 is 6.29 Å². The van der Waals surface area contributed by atoms with Gasteiger partial charge in [-0.1, -0.05) is 0 Å². The number of hydrogen-bond acceptors (Lipinski definition) is 5. The highest BCUT2D eigenvalue weighted by Gasteiger charge is 2.30. The summed E-state index contributed by atoms with van der Waals surface area (Å²) in [6, 6.07) is 1.84. The molecular formula is C10H12F2N2O3. The molecular weight excluding hydrogens is 234 g/mol. The lowest BCUT2D eigenvalue weighted by Gasteiger charge is -2.08. The molecule has 0 aromatic carbocycles. The molecule has 1 heterocycles. The fourth-order valence-electron chi connectivity index (χ4n) is 0.900. The van der Waals surface area contributed by atoms with Gasteiger partial charge in [-0.15, -0.1) is 0 Å². The summed E-state index contributed by atoms with van der Waals surface area (Å²) in [6.07, 6.45) is -2.73. The molecule has 5 nitrogen and oxygen atoms in total. The summed E-state index contributed by atoms with van der Waals surface area (Å²) in [4.78, 5) is 13.9. The minimum absolute atomic E-state index is 0.158. The van der Waals surface area contributed by atoms with E-state index in [9.17, 15) is 13.6 Å². The SMILES string of the molecule is CC(C)(C#N)c1nc(C(F)F)c(C=O)o1.CO. The minimum atomic E-state index is -2.89. The molecule has 0 aliphatic carbocycles. The third-order valence-corrected chi connectivity index (χ3v) is 1.81. The van der Waals surface area contributed by atoms with Crippen molar-refractivity contribution in [2.75, 3.05) is 7.11 Å². The first-order valence-corrected chi connectivity index (χ1v) is 4.53. The average molecular weight is 246 g/mol. The monoisotopic (exact) mass is 246 g/mol. The van der Waals surface area contributed by atoms with Crippen LogP contribution in [0.15, 0.2) is 4.42 Å². The number of rotatable bonds is 3. The molecule has 0 aliphatic rings. The first-order valence-electron chi connectivity index (χ1n) is 4.53. The van der Waals surface area contributed by atoms with E-state index in [1.807, 2.05) is 6.07 Å². The molecule has 0 fully saturated rings. The van der Waals surface area contributed by atoms with Crippen molar-refractivity contribution in [2.24, 2.45) is 0 Å². The summed E-state index contributed by atoms with van der Waals surface area (Å²) in [5.41, 5.74) is -1.85. The van der Waals surface area contributed by atoms with Crippen LogP contribution < -0.4 is 0 Å². The van der Waals surface area contributed by atoms with Crippen LogP contribution in [0.2, 0.25) is 0 Å². The second-order valence-corrected chi connectivity index (χ2v) is 3.42. The van der Waals surface area contributed by atoms with Crippen molar-refractivity contribution in [1.82, 2.24) is 4.98 Å². The Hall–Kier alpha value is -1.81. The molecule has 1 aromatic rings. The van der Waals surface area contributed by atoms with Crippen LogP contribution in [0.3, 0.4) is 0 Å². The molecule has 0 bridgehead atoms. The van der Waals surface area contributed by atoms with E-state index in [4.69, 9.17) is 14.8 Å². The van der Waals surface area contributed by atoms with Gasteiger partial charge >= 0.3 is 0 Å². The van der Waals surface area contributed by atoms with Gasteiger partial charge in [0.15, 0.2) is 17.7 Å². The third-order valence-electron chi connectivity index (χ3n) is 1.81. The molecule has 0 atom stereocenters. The van der Waals surface area contributed by atoms with Gasteiger partial charge in [-0.2, -0.15) is 5.26 Å². The maximum atomic E-state index is 12.4. The molecule has 0 unspecified atom stereocenters. The van der Waals surface area contributed by atoms with Crippen LogP contribution in [0.5, 0.6) is 0 Å². The van der Waals surface area contributed by atoms with Crippen molar-refractivity contribution in [2.45, 2.75) is 25.7 Å². The number of carbonyl (C=O) groups is 1. The summed E-state index contributed by atoms with van der Waals surface area (Å²) < 4.78 is 29.5. The van der Waals surface area contributed by atoms with Gasteiger partial charge in [0.25, 0.3) is 6.43 Å². The van der Waals surface area contributed by atoms with Crippen molar-refractivity contribution in [3.63, 3.8) is 0 Å². The Bertz CT molecular complexity index is 422. The highest BCUT2D eigenvalue weighted by molar-refractivity contribution is 5.72.